The van der Waals surface area contributed by atoms with Crippen LogP contribution in [-0.2, 0) is 6.18 Å². The second kappa shape index (κ2) is 7.13. The Hall–Kier alpha value is -2.97. The van der Waals surface area contributed by atoms with Crippen molar-refractivity contribution in [1.82, 2.24) is 19.5 Å². The normalized spacial score (nSPS) is 15.8. The van der Waals surface area contributed by atoms with Crippen LogP contribution in [-0.4, -0.2) is 38.5 Å². The molecule has 1 fully saturated rings. The van der Waals surface area contributed by atoms with E-state index in [0.717, 1.165) is 11.6 Å². The maximum absolute atomic E-state index is 13.9. The summed E-state index contributed by atoms with van der Waals surface area (Å²) in [4.78, 5) is 14.4. The molecule has 1 saturated heterocycles. The first kappa shape index (κ1) is 19.4. The number of alkyl halides is 3. The molecule has 0 unspecified atom stereocenters. The van der Waals surface area contributed by atoms with Gasteiger partial charge < -0.3 is 4.90 Å². The minimum atomic E-state index is -4.76. The maximum Gasteiger partial charge on any atom is 0.419 e. The molecule has 1 amide bonds. The molecule has 0 saturated carbocycles. The van der Waals surface area contributed by atoms with Crippen LogP contribution < -0.4 is 0 Å². The van der Waals surface area contributed by atoms with Crippen LogP contribution in [0.15, 0.2) is 36.5 Å². The fourth-order valence-corrected chi connectivity index (χ4v) is 3.86. The van der Waals surface area contributed by atoms with Crippen LogP contribution in [0.2, 0.25) is 0 Å². The number of carbonyl (C=O) groups excluding carboxylic acids is 1. The lowest BCUT2D eigenvalue weighted by Gasteiger charge is -2.32. The fraction of sp³-hybridized carbons (Fsp3) is 0.350. The predicted octanol–water partition coefficient (Wildman–Crippen LogP) is 4.22. The van der Waals surface area contributed by atoms with Crippen LogP contribution in [0.1, 0.15) is 46.1 Å². The number of hydrogen-bond acceptors (Lipinski definition) is 3. The van der Waals surface area contributed by atoms with E-state index in [9.17, 15) is 22.4 Å². The zero-order valence-corrected chi connectivity index (χ0v) is 15.6. The zero-order chi connectivity index (χ0) is 20.8. The standard InChI is InChI=1S/C20H18F4N4O/c1-12-5-6-16-25-26-18(28(16)11-12)19(29)27-9-7-13(8-10-27)14-3-2-4-15(21)17(14)20(22,23)24/h2-6,11,13H,7-10H2,1H3. The smallest absolute Gasteiger partial charge is 0.336 e. The maximum atomic E-state index is 13.9. The average molecular weight is 406 g/mol. The van der Waals surface area contributed by atoms with Crippen molar-refractivity contribution in [1.29, 1.82) is 0 Å². The lowest BCUT2D eigenvalue weighted by Crippen LogP contribution is -2.39. The van der Waals surface area contributed by atoms with Gasteiger partial charge in [0.05, 0.1) is 5.56 Å². The van der Waals surface area contributed by atoms with Gasteiger partial charge in [0.1, 0.15) is 5.82 Å². The molecular formula is C20H18F4N4O. The molecule has 1 aromatic carbocycles. The molecule has 0 aliphatic carbocycles. The van der Waals surface area contributed by atoms with Crippen molar-refractivity contribution in [3.63, 3.8) is 0 Å². The summed E-state index contributed by atoms with van der Waals surface area (Å²) in [7, 11) is 0. The minimum absolute atomic E-state index is 0.0480. The van der Waals surface area contributed by atoms with Crippen LogP contribution in [0.25, 0.3) is 5.65 Å². The number of likely N-dealkylation sites (tertiary alicyclic amines) is 1. The summed E-state index contributed by atoms with van der Waals surface area (Å²) < 4.78 is 55.4. The third kappa shape index (κ3) is 3.56. The van der Waals surface area contributed by atoms with Gasteiger partial charge in [-0.1, -0.05) is 18.2 Å². The Morgan fingerprint density at radius 3 is 2.52 bits per heavy atom. The van der Waals surface area contributed by atoms with Gasteiger partial charge in [-0.2, -0.15) is 13.2 Å². The van der Waals surface area contributed by atoms with Gasteiger partial charge in [-0.3, -0.25) is 9.20 Å². The Morgan fingerprint density at radius 2 is 1.83 bits per heavy atom. The van der Waals surface area contributed by atoms with Gasteiger partial charge in [-0.05, 0) is 48.9 Å². The minimum Gasteiger partial charge on any atom is -0.336 e. The van der Waals surface area contributed by atoms with E-state index in [-0.39, 0.29) is 30.4 Å². The Bertz CT molecular complexity index is 1070. The predicted molar refractivity (Wildman–Crippen MR) is 97.0 cm³/mol. The van der Waals surface area contributed by atoms with Crippen molar-refractivity contribution < 1.29 is 22.4 Å². The van der Waals surface area contributed by atoms with E-state index in [0.29, 0.717) is 18.5 Å². The van der Waals surface area contributed by atoms with E-state index in [4.69, 9.17) is 0 Å². The Labute approximate surface area is 164 Å². The Balaban J connectivity index is 1.54. The number of benzene rings is 1. The summed E-state index contributed by atoms with van der Waals surface area (Å²) >= 11 is 0. The molecule has 1 aliphatic heterocycles. The third-order valence-corrected chi connectivity index (χ3v) is 5.29. The molecule has 0 bridgehead atoms. The largest absolute Gasteiger partial charge is 0.419 e. The van der Waals surface area contributed by atoms with E-state index < -0.39 is 23.5 Å². The Kier molecular flexibility index (Phi) is 4.76. The third-order valence-electron chi connectivity index (χ3n) is 5.29. The van der Waals surface area contributed by atoms with E-state index in [2.05, 4.69) is 10.2 Å². The van der Waals surface area contributed by atoms with Crippen LogP contribution in [0.5, 0.6) is 0 Å². The quantitative estimate of drug-likeness (QED) is 0.599. The first-order valence-electron chi connectivity index (χ1n) is 9.22. The number of rotatable bonds is 2. The van der Waals surface area contributed by atoms with E-state index in [1.807, 2.05) is 13.0 Å². The molecule has 1 aliphatic rings. The summed E-state index contributed by atoms with van der Waals surface area (Å²) in [5.74, 6) is -1.89. The fourth-order valence-electron chi connectivity index (χ4n) is 3.86. The van der Waals surface area contributed by atoms with Gasteiger partial charge >= 0.3 is 6.18 Å². The molecule has 0 N–H and O–H groups in total. The van der Waals surface area contributed by atoms with Gasteiger partial charge in [0.25, 0.3) is 5.91 Å². The van der Waals surface area contributed by atoms with Crippen molar-refractivity contribution in [2.45, 2.75) is 31.9 Å². The summed E-state index contributed by atoms with van der Waals surface area (Å²) in [6.07, 6.45) is -2.37. The highest BCUT2D eigenvalue weighted by molar-refractivity contribution is 5.91. The number of carbonyl (C=O) groups is 1. The molecule has 0 spiro atoms. The number of aromatic nitrogens is 3. The van der Waals surface area contributed by atoms with Gasteiger partial charge in [-0.25, -0.2) is 4.39 Å². The first-order valence-corrected chi connectivity index (χ1v) is 9.22. The van der Waals surface area contributed by atoms with E-state index >= 15 is 0 Å². The SMILES string of the molecule is Cc1ccc2nnc(C(=O)N3CCC(c4cccc(F)c4C(F)(F)F)CC3)n2c1. The lowest BCUT2D eigenvalue weighted by molar-refractivity contribution is -0.140. The highest BCUT2D eigenvalue weighted by Gasteiger charge is 2.39. The zero-order valence-electron chi connectivity index (χ0n) is 15.6. The molecule has 2 aromatic heterocycles. The summed E-state index contributed by atoms with van der Waals surface area (Å²) in [5, 5.41) is 7.96. The van der Waals surface area contributed by atoms with Gasteiger partial charge in [-0.15, -0.1) is 10.2 Å². The number of halogens is 4. The highest BCUT2D eigenvalue weighted by atomic mass is 19.4. The molecular weight excluding hydrogens is 388 g/mol. The van der Waals surface area contributed by atoms with Crippen molar-refractivity contribution >= 4 is 11.6 Å². The van der Waals surface area contributed by atoms with Gasteiger partial charge in [0.15, 0.2) is 5.65 Å². The van der Waals surface area contributed by atoms with Crippen LogP contribution in [0.3, 0.4) is 0 Å². The van der Waals surface area contributed by atoms with Gasteiger partial charge in [0.2, 0.25) is 5.82 Å². The van der Waals surface area contributed by atoms with Crippen molar-refractivity contribution in [2.75, 3.05) is 13.1 Å². The first-order chi connectivity index (χ1) is 13.8. The van der Waals surface area contributed by atoms with Crippen molar-refractivity contribution in [3.8, 4) is 0 Å². The number of pyridine rings is 1. The molecule has 4 rings (SSSR count). The number of aryl methyl sites for hydroxylation is 1. The molecule has 9 heteroatoms. The monoisotopic (exact) mass is 406 g/mol. The summed E-state index contributed by atoms with van der Waals surface area (Å²) in [6, 6.07) is 7.06. The molecule has 3 heterocycles. The van der Waals surface area contributed by atoms with E-state index in [1.54, 1.807) is 21.6 Å². The average Bonchev–Trinajstić information content (AvgIpc) is 3.09. The number of nitrogens with zero attached hydrogens (tertiary/aromatic N) is 4. The Morgan fingerprint density at radius 1 is 1.10 bits per heavy atom. The molecule has 5 nitrogen and oxygen atoms in total. The van der Waals surface area contributed by atoms with Crippen molar-refractivity contribution in [2.24, 2.45) is 0 Å². The molecule has 0 atom stereocenters. The number of hydrogen-bond donors (Lipinski definition) is 0. The second-order valence-electron chi connectivity index (χ2n) is 7.23. The molecule has 152 valence electrons. The van der Waals surface area contributed by atoms with Crippen LogP contribution >= 0.6 is 0 Å². The molecule has 3 aromatic rings. The van der Waals surface area contributed by atoms with E-state index in [1.165, 1.54) is 12.1 Å². The van der Waals surface area contributed by atoms with Crippen molar-refractivity contribution in [3.05, 3.63) is 64.9 Å². The summed E-state index contributed by atoms with van der Waals surface area (Å²) in [5.41, 5.74) is 0.233. The van der Waals surface area contributed by atoms with Crippen LogP contribution in [0, 0.1) is 12.7 Å². The number of fused-ring (bicyclic) bond motifs is 1. The summed E-state index contributed by atoms with van der Waals surface area (Å²) in [6.45, 7) is 2.41. The number of piperidine rings is 1. The molecule has 0 radical (unpaired) electrons. The second-order valence-corrected chi connectivity index (χ2v) is 7.23. The van der Waals surface area contributed by atoms with Gasteiger partial charge in [0, 0.05) is 19.3 Å². The number of amides is 1. The van der Waals surface area contributed by atoms with Crippen LogP contribution in [0.4, 0.5) is 17.6 Å². The topological polar surface area (TPSA) is 50.5 Å². The lowest BCUT2D eigenvalue weighted by atomic mass is 9.86. The molecule has 29 heavy (non-hydrogen) atoms. The highest BCUT2D eigenvalue weighted by Crippen LogP contribution is 2.40.